The maximum atomic E-state index is 13.9. The number of primary amides is 1. The van der Waals surface area contributed by atoms with E-state index in [-0.39, 0.29) is 32.2 Å². The van der Waals surface area contributed by atoms with E-state index in [0.717, 1.165) is 16.3 Å². The number of rotatable bonds is 15. The lowest BCUT2D eigenvalue weighted by atomic mass is 9.97. The number of carboxylic acid groups (broad SMARTS) is 1. The molecule has 2 heterocycles. The molecule has 4 atom stereocenters. The van der Waals surface area contributed by atoms with Crippen molar-refractivity contribution in [1.82, 2.24) is 30.8 Å². The second-order valence-corrected chi connectivity index (χ2v) is 11.7. The van der Waals surface area contributed by atoms with E-state index in [9.17, 15) is 33.9 Å². The zero-order valence-electron chi connectivity index (χ0n) is 25.6. The number of nitrogens with zero attached hydrogens (tertiary/aromatic N) is 2. The summed E-state index contributed by atoms with van der Waals surface area (Å²) in [5.41, 5.74) is 6.84. The Morgan fingerprint density at radius 2 is 1.74 bits per heavy atom. The van der Waals surface area contributed by atoms with Gasteiger partial charge in [-0.25, -0.2) is 4.98 Å². The molecule has 7 N–H and O–H groups in total. The number of aromatic amines is 1. The molecule has 1 aliphatic rings. The highest BCUT2D eigenvalue weighted by Crippen LogP contribution is 2.21. The number of hydrogen-bond acceptors (Lipinski definition) is 7. The average molecular weight is 668 g/mol. The van der Waals surface area contributed by atoms with Crippen LogP contribution in [0.2, 0.25) is 0 Å². The SMILES string of the molecule is NC(=O)[C@H](Cc1c[nH]cn1)NC(=O)[C@H](Cc1ccc2ccccc2c1)NC(=O)[C@@H]1CCCCN1C(=O)[C@H](CCC(=O)O)NC(=O)CCl. The molecule has 0 spiro atoms. The van der Waals surface area contributed by atoms with E-state index < -0.39 is 72.0 Å². The molecule has 4 rings (SSSR count). The van der Waals surface area contributed by atoms with Crippen molar-refractivity contribution >= 4 is 57.9 Å². The molecule has 14 nitrogen and oxygen atoms in total. The zero-order chi connectivity index (χ0) is 33.9. The number of fused-ring (bicyclic) bond motifs is 1. The van der Waals surface area contributed by atoms with Gasteiger partial charge in [0.05, 0.1) is 12.0 Å². The Bertz CT molecular complexity index is 1600. The van der Waals surface area contributed by atoms with Gasteiger partial charge in [0.1, 0.15) is 30.0 Å². The number of nitrogens with one attached hydrogen (secondary N) is 4. The minimum absolute atomic E-state index is 0.0257. The lowest BCUT2D eigenvalue weighted by molar-refractivity contribution is -0.146. The number of hydrogen-bond donors (Lipinski definition) is 6. The maximum Gasteiger partial charge on any atom is 0.303 e. The van der Waals surface area contributed by atoms with Gasteiger partial charge < -0.3 is 36.7 Å². The largest absolute Gasteiger partial charge is 0.481 e. The van der Waals surface area contributed by atoms with Crippen molar-refractivity contribution in [1.29, 1.82) is 0 Å². The number of H-pyrrole nitrogens is 1. The van der Waals surface area contributed by atoms with Crippen LogP contribution < -0.4 is 21.7 Å². The van der Waals surface area contributed by atoms with E-state index in [1.165, 1.54) is 11.2 Å². The van der Waals surface area contributed by atoms with Crippen molar-refractivity contribution < 1.29 is 33.9 Å². The summed E-state index contributed by atoms with van der Waals surface area (Å²) in [5.74, 6) is -4.91. The highest BCUT2D eigenvalue weighted by molar-refractivity contribution is 6.27. The van der Waals surface area contributed by atoms with E-state index >= 15 is 0 Å². The van der Waals surface area contributed by atoms with Crippen LogP contribution >= 0.6 is 11.6 Å². The second-order valence-electron chi connectivity index (χ2n) is 11.4. The number of carbonyl (C=O) groups is 6. The predicted octanol–water partition coefficient (Wildman–Crippen LogP) is 0.773. The summed E-state index contributed by atoms with van der Waals surface area (Å²) in [4.78, 5) is 85.1. The number of carboxylic acids is 1. The van der Waals surface area contributed by atoms with Crippen LogP contribution in [0.3, 0.4) is 0 Å². The second kappa shape index (κ2) is 16.5. The molecule has 250 valence electrons. The molecule has 0 unspecified atom stereocenters. The summed E-state index contributed by atoms with van der Waals surface area (Å²) in [5, 5.41) is 19.0. The van der Waals surface area contributed by atoms with Gasteiger partial charge in [0.25, 0.3) is 0 Å². The Morgan fingerprint density at radius 1 is 0.979 bits per heavy atom. The van der Waals surface area contributed by atoms with Crippen molar-refractivity contribution in [2.24, 2.45) is 5.73 Å². The number of amides is 5. The van der Waals surface area contributed by atoms with Crippen LogP contribution in [0, 0.1) is 0 Å². The summed E-state index contributed by atoms with van der Waals surface area (Å²) >= 11 is 5.62. The normalized spacial score (nSPS) is 16.4. The number of aromatic nitrogens is 2. The van der Waals surface area contributed by atoms with Crippen molar-refractivity contribution in [2.75, 3.05) is 12.4 Å². The zero-order valence-corrected chi connectivity index (χ0v) is 26.4. The van der Waals surface area contributed by atoms with E-state index in [4.69, 9.17) is 17.3 Å². The Hall–Kier alpha value is -4.98. The number of nitrogens with two attached hydrogens (primary N) is 1. The summed E-state index contributed by atoms with van der Waals surface area (Å²) in [6, 6.07) is 8.83. The van der Waals surface area contributed by atoms with Gasteiger partial charge in [0.2, 0.25) is 29.5 Å². The van der Waals surface area contributed by atoms with Gasteiger partial charge in [-0.2, -0.15) is 0 Å². The van der Waals surface area contributed by atoms with Crippen LogP contribution in [0.25, 0.3) is 10.8 Å². The highest BCUT2D eigenvalue weighted by Gasteiger charge is 2.38. The first-order valence-electron chi connectivity index (χ1n) is 15.3. The highest BCUT2D eigenvalue weighted by atomic mass is 35.5. The van der Waals surface area contributed by atoms with Crippen molar-refractivity contribution in [3.05, 3.63) is 66.2 Å². The minimum Gasteiger partial charge on any atom is -0.481 e. The average Bonchev–Trinajstić information content (AvgIpc) is 3.58. The molecule has 15 heteroatoms. The van der Waals surface area contributed by atoms with Gasteiger partial charge in [-0.15, -0.1) is 11.6 Å². The van der Waals surface area contributed by atoms with Gasteiger partial charge in [0.15, 0.2) is 0 Å². The number of imidazole rings is 1. The monoisotopic (exact) mass is 667 g/mol. The molecule has 0 radical (unpaired) electrons. The molecule has 0 saturated carbocycles. The fourth-order valence-electron chi connectivity index (χ4n) is 5.61. The quantitative estimate of drug-likeness (QED) is 0.127. The Balaban J connectivity index is 1.58. The third-order valence-corrected chi connectivity index (χ3v) is 8.25. The molecular weight excluding hydrogens is 630 g/mol. The lowest BCUT2D eigenvalue weighted by Crippen LogP contribution is -2.60. The van der Waals surface area contributed by atoms with Crippen molar-refractivity contribution in [3.8, 4) is 0 Å². The number of halogens is 1. The Kier molecular flexibility index (Phi) is 12.3. The number of benzene rings is 2. The van der Waals surface area contributed by atoms with Gasteiger partial charge in [-0.1, -0.05) is 42.5 Å². The lowest BCUT2D eigenvalue weighted by Gasteiger charge is -2.37. The third-order valence-electron chi connectivity index (χ3n) is 8.00. The van der Waals surface area contributed by atoms with Crippen LogP contribution in [0.5, 0.6) is 0 Å². The topological polar surface area (TPSA) is 217 Å². The number of piperidine rings is 1. The first-order valence-corrected chi connectivity index (χ1v) is 15.8. The van der Waals surface area contributed by atoms with Crippen molar-refractivity contribution in [2.45, 2.75) is 69.1 Å². The van der Waals surface area contributed by atoms with Crippen LogP contribution in [0.4, 0.5) is 0 Å². The molecule has 0 bridgehead atoms. The summed E-state index contributed by atoms with van der Waals surface area (Å²) < 4.78 is 0. The summed E-state index contributed by atoms with van der Waals surface area (Å²) in [7, 11) is 0. The number of alkyl halides is 1. The smallest absolute Gasteiger partial charge is 0.303 e. The number of likely N-dealkylation sites (tertiary alicyclic amines) is 1. The fourth-order valence-corrected chi connectivity index (χ4v) is 5.69. The molecule has 47 heavy (non-hydrogen) atoms. The van der Waals surface area contributed by atoms with Crippen LogP contribution in [0.15, 0.2) is 55.0 Å². The summed E-state index contributed by atoms with van der Waals surface area (Å²) in [6.07, 6.45) is 3.98. The molecule has 1 fully saturated rings. The Labute approximate surface area is 275 Å². The van der Waals surface area contributed by atoms with E-state index in [1.54, 1.807) is 6.20 Å². The molecule has 1 aromatic heterocycles. The number of carbonyl (C=O) groups excluding carboxylic acids is 5. The molecule has 0 aliphatic carbocycles. The van der Waals surface area contributed by atoms with Gasteiger partial charge in [-0.3, -0.25) is 28.8 Å². The molecule has 3 aromatic rings. The third kappa shape index (κ3) is 9.75. The van der Waals surface area contributed by atoms with E-state index in [2.05, 4.69) is 25.9 Å². The summed E-state index contributed by atoms with van der Waals surface area (Å²) in [6.45, 7) is 0.187. The van der Waals surface area contributed by atoms with Crippen LogP contribution in [-0.2, 0) is 41.6 Å². The first-order chi connectivity index (χ1) is 22.5. The van der Waals surface area contributed by atoms with Crippen LogP contribution in [0.1, 0.15) is 43.4 Å². The molecule has 1 saturated heterocycles. The molecule has 2 aromatic carbocycles. The number of aliphatic carboxylic acids is 1. The molecule has 1 aliphatic heterocycles. The van der Waals surface area contributed by atoms with Gasteiger partial charge in [0, 0.05) is 32.0 Å². The standard InChI is InChI=1S/C32H38ClN7O7/c33-16-27(41)37-23(10-11-28(42)43)32(47)40-12-4-3-7-26(40)31(46)39-25(14-19-8-9-20-5-1-2-6-21(20)13-19)30(45)38-24(29(34)44)15-22-17-35-18-36-22/h1-2,5-6,8-9,13,17-18,23-26H,3-4,7,10-12,14-16H2,(H2,34,44)(H,35,36)(H,37,41)(H,38,45)(H,39,46)(H,42,43)/t23-,24-,25-,26-/m0/s1. The van der Waals surface area contributed by atoms with Gasteiger partial charge in [-0.05, 0) is 42.0 Å². The predicted molar refractivity (Wildman–Crippen MR) is 172 cm³/mol. The molecular formula is C32H38ClN7O7. The minimum atomic E-state index is -1.21. The van der Waals surface area contributed by atoms with E-state index in [1.807, 2.05) is 42.5 Å². The van der Waals surface area contributed by atoms with Gasteiger partial charge >= 0.3 is 5.97 Å². The maximum absolute atomic E-state index is 13.9. The van der Waals surface area contributed by atoms with Crippen molar-refractivity contribution in [3.63, 3.8) is 0 Å². The first kappa shape index (κ1) is 34.9. The Morgan fingerprint density at radius 3 is 2.43 bits per heavy atom. The van der Waals surface area contributed by atoms with E-state index in [0.29, 0.717) is 18.5 Å². The van der Waals surface area contributed by atoms with Crippen LogP contribution in [-0.4, -0.2) is 92.1 Å². The fraction of sp³-hybridized carbons (Fsp3) is 0.406. The molecule has 5 amide bonds.